The van der Waals surface area contributed by atoms with Crippen LogP contribution in [0, 0.1) is 0 Å². The smallest absolute Gasteiger partial charge is 0.145 e. The van der Waals surface area contributed by atoms with Gasteiger partial charge in [0.1, 0.15) is 11.5 Å². The minimum Gasteiger partial charge on any atom is -0.455 e. The number of hydrogen-bond acceptors (Lipinski definition) is 3. The Hall–Kier alpha value is -1.87. The predicted molar refractivity (Wildman–Crippen MR) is 68.0 cm³/mol. The zero-order valence-corrected chi connectivity index (χ0v) is 9.84. The molecule has 0 aliphatic rings. The number of hydrogen-bond donors (Lipinski definition) is 1. The number of benzene rings is 1. The number of para-hydroxylation sites is 1. The van der Waals surface area contributed by atoms with Crippen LogP contribution in [0.3, 0.4) is 0 Å². The van der Waals surface area contributed by atoms with E-state index in [2.05, 4.69) is 11.9 Å². The monoisotopic (exact) mass is 228 g/mol. The summed E-state index contributed by atoms with van der Waals surface area (Å²) in [4.78, 5) is 4.02. The van der Waals surface area contributed by atoms with Gasteiger partial charge in [-0.3, -0.25) is 4.98 Å². The molecule has 3 heteroatoms. The van der Waals surface area contributed by atoms with Crippen LogP contribution < -0.4 is 10.5 Å². The summed E-state index contributed by atoms with van der Waals surface area (Å²) in [6, 6.07) is 11.6. The maximum Gasteiger partial charge on any atom is 0.145 e. The number of rotatable bonds is 4. The minimum atomic E-state index is 0.00266. The molecule has 0 bridgehead atoms. The van der Waals surface area contributed by atoms with Gasteiger partial charge in [0.2, 0.25) is 0 Å². The van der Waals surface area contributed by atoms with Gasteiger partial charge < -0.3 is 10.5 Å². The molecule has 3 nitrogen and oxygen atoms in total. The Morgan fingerprint density at radius 2 is 2.06 bits per heavy atom. The molecule has 1 unspecified atom stereocenters. The molecule has 1 heterocycles. The van der Waals surface area contributed by atoms with Crippen LogP contribution in [0.1, 0.15) is 24.9 Å². The third-order valence-electron chi connectivity index (χ3n) is 2.62. The fourth-order valence-electron chi connectivity index (χ4n) is 1.63. The Morgan fingerprint density at radius 1 is 1.24 bits per heavy atom. The quantitative estimate of drug-likeness (QED) is 0.873. The molecule has 0 radical (unpaired) electrons. The van der Waals surface area contributed by atoms with Crippen molar-refractivity contribution < 1.29 is 4.74 Å². The molecule has 0 aliphatic heterocycles. The summed E-state index contributed by atoms with van der Waals surface area (Å²) in [6.07, 6.45) is 4.29. The number of pyridine rings is 1. The van der Waals surface area contributed by atoms with Crippen LogP contribution in [0.2, 0.25) is 0 Å². The predicted octanol–water partition coefficient (Wildman–Crippen LogP) is 3.28. The average Bonchev–Trinajstić information content (AvgIpc) is 2.40. The molecule has 88 valence electrons. The normalized spacial score (nSPS) is 12.1. The van der Waals surface area contributed by atoms with Gasteiger partial charge in [-0.2, -0.15) is 0 Å². The molecule has 17 heavy (non-hydrogen) atoms. The second-order valence-corrected chi connectivity index (χ2v) is 3.84. The lowest BCUT2D eigenvalue weighted by atomic mass is 10.0. The lowest BCUT2D eigenvalue weighted by molar-refractivity contribution is 0.466. The van der Waals surface area contributed by atoms with Crippen molar-refractivity contribution in [2.45, 2.75) is 19.4 Å². The zero-order chi connectivity index (χ0) is 12.1. The molecule has 1 aromatic heterocycles. The van der Waals surface area contributed by atoms with E-state index in [9.17, 15) is 0 Å². The maximum absolute atomic E-state index is 6.05. The second-order valence-electron chi connectivity index (χ2n) is 3.84. The average molecular weight is 228 g/mol. The number of nitrogens with two attached hydrogens (primary N) is 1. The highest BCUT2D eigenvalue weighted by atomic mass is 16.5. The van der Waals surface area contributed by atoms with Crippen molar-refractivity contribution in [2.75, 3.05) is 0 Å². The van der Waals surface area contributed by atoms with Gasteiger partial charge >= 0.3 is 0 Å². The Balaban J connectivity index is 2.27. The summed E-state index contributed by atoms with van der Waals surface area (Å²) in [5.74, 6) is 1.53. The molecule has 2 N–H and O–H groups in total. The lowest BCUT2D eigenvalue weighted by Crippen LogP contribution is -2.09. The molecule has 2 rings (SSSR count). The van der Waals surface area contributed by atoms with Crippen molar-refractivity contribution in [3.63, 3.8) is 0 Å². The Labute approximate surface area is 101 Å². The Bertz CT molecular complexity index is 471. The van der Waals surface area contributed by atoms with E-state index in [-0.39, 0.29) is 6.04 Å². The van der Waals surface area contributed by atoms with Gasteiger partial charge in [0.05, 0.1) is 6.20 Å². The third kappa shape index (κ3) is 2.82. The summed E-state index contributed by atoms with van der Waals surface area (Å²) >= 11 is 0. The molecule has 1 aromatic carbocycles. The van der Waals surface area contributed by atoms with Gasteiger partial charge in [-0.05, 0) is 24.6 Å². The van der Waals surface area contributed by atoms with E-state index in [4.69, 9.17) is 10.5 Å². The van der Waals surface area contributed by atoms with E-state index < -0.39 is 0 Å². The number of nitrogens with zero attached hydrogens (tertiary/aromatic N) is 1. The summed E-state index contributed by atoms with van der Waals surface area (Å²) in [7, 11) is 0. The van der Waals surface area contributed by atoms with Crippen molar-refractivity contribution in [1.29, 1.82) is 0 Å². The largest absolute Gasteiger partial charge is 0.455 e. The van der Waals surface area contributed by atoms with Crippen LogP contribution in [0.4, 0.5) is 0 Å². The Kier molecular flexibility index (Phi) is 3.73. The van der Waals surface area contributed by atoms with Crippen molar-refractivity contribution in [1.82, 2.24) is 4.98 Å². The molecule has 0 saturated carbocycles. The first-order chi connectivity index (χ1) is 8.31. The van der Waals surface area contributed by atoms with Gasteiger partial charge in [0, 0.05) is 17.8 Å². The van der Waals surface area contributed by atoms with Crippen LogP contribution in [0.5, 0.6) is 11.5 Å². The van der Waals surface area contributed by atoms with Gasteiger partial charge in [-0.25, -0.2) is 0 Å². The van der Waals surface area contributed by atoms with Gasteiger partial charge in [0.25, 0.3) is 0 Å². The first-order valence-corrected chi connectivity index (χ1v) is 5.73. The number of ether oxygens (including phenoxy) is 1. The van der Waals surface area contributed by atoms with Crippen LogP contribution in [0.15, 0.2) is 48.8 Å². The van der Waals surface area contributed by atoms with E-state index in [0.29, 0.717) is 0 Å². The molecular formula is C14H16N2O. The standard InChI is InChI=1S/C14H16N2O/c1-2-13(15)12-7-3-4-8-14(12)17-11-6-5-9-16-10-11/h3-10,13H,2,15H2,1H3. The van der Waals surface area contributed by atoms with Gasteiger partial charge in [-0.1, -0.05) is 25.1 Å². The molecule has 1 atom stereocenters. The Morgan fingerprint density at radius 3 is 2.76 bits per heavy atom. The molecule has 0 amide bonds. The molecule has 0 fully saturated rings. The SMILES string of the molecule is CCC(N)c1ccccc1Oc1cccnc1. The van der Waals surface area contributed by atoms with Crippen molar-refractivity contribution in [2.24, 2.45) is 5.73 Å². The van der Waals surface area contributed by atoms with Crippen LogP contribution in [-0.4, -0.2) is 4.98 Å². The minimum absolute atomic E-state index is 0.00266. The second kappa shape index (κ2) is 5.46. The fraction of sp³-hybridized carbons (Fsp3) is 0.214. The maximum atomic E-state index is 6.05. The lowest BCUT2D eigenvalue weighted by Gasteiger charge is -2.15. The molecule has 0 aliphatic carbocycles. The number of aromatic nitrogens is 1. The van der Waals surface area contributed by atoms with Gasteiger partial charge in [-0.15, -0.1) is 0 Å². The highest BCUT2D eigenvalue weighted by Gasteiger charge is 2.10. The summed E-state index contributed by atoms with van der Waals surface area (Å²) in [5, 5.41) is 0. The third-order valence-corrected chi connectivity index (χ3v) is 2.62. The zero-order valence-electron chi connectivity index (χ0n) is 9.84. The van der Waals surface area contributed by atoms with Crippen molar-refractivity contribution >= 4 is 0 Å². The van der Waals surface area contributed by atoms with Crippen LogP contribution in [0.25, 0.3) is 0 Å². The molecule has 2 aromatic rings. The van der Waals surface area contributed by atoms with Crippen molar-refractivity contribution in [3.8, 4) is 11.5 Å². The summed E-state index contributed by atoms with van der Waals surface area (Å²) < 4.78 is 5.79. The highest BCUT2D eigenvalue weighted by Crippen LogP contribution is 2.29. The van der Waals surface area contributed by atoms with E-state index in [1.807, 2.05) is 36.4 Å². The van der Waals surface area contributed by atoms with E-state index in [0.717, 1.165) is 23.5 Å². The summed E-state index contributed by atoms with van der Waals surface area (Å²) in [6.45, 7) is 2.06. The highest BCUT2D eigenvalue weighted by molar-refractivity contribution is 5.38. The molecular weight excluding hydrogens is 212 g/mol. The van der Waals surface area contributed by atoms with E-state index in [1.54, 1.807) is 12.4 Å². The van der Waals surface area contributed by atoms with Crippen LogP contribution in [-0.2, 0) is 0 Å². The van der Waals surface area contributed by atoms with E-state index in [1.165, 1.54) is 0 Å². The first kappa shape index (κ1) is 11.6. The van der Waals surface area contributed by atoms with Crippen molar-refractivity contribution in [3.05, 3.63) is 54.4 Å². The topological polar surface area (TPSA) is 48.1 Å². The fourth-order valence-corrected chi connectivity index (χ4v) is 1.63. The summed E-state index contributed by atoms with van der Waals surface area (Å²) in [5.41, 5.74) is 7.08. The van der Waals surface area contributed by atoms with E-state index >= 15 is 0 Å². The van der Waals surface area contributed by atoms with Gasteiger partial charge in [0.15, 0.2) is 0 Å². The first-order valence-electron chi connectivity index (χ1n) is 5.73. The molecule has 0 spiro atoms. The van der Waals surface area contributed by atoms with Crippen LogP contribution >= 0.6 is 0 Å². The molecule has 0 saturated heterocycles.